The van der Waals surface area contributed by atoms with Gasteiger partial charge in [0.15, 0.2) is 10.9 Å². The highest BCUT2D eigenvalue weighted by Crippen LogP contribution is 2.38. The zero-order valence-corrected chi connectivity index (χ0v) is 15.9. The number of nitrogens with one attached hydrogen (secondary N) is 1. The van der Waals surface area contributed by atoms with Gasteiger partial charge < -0.3 is 9.30 Å². The molecule has 10 heteroatoms. The summed E-state index contributed by atoms with van der Waals surface area (Å²) in [6, 6.07) is 3.17. The van der Waals surface area contributed by atoms with Gasteiger partial charge >= 0.3 is 5.69 Å². The van der Waals surface area contributed by atoms with Gasteiger partial charge in [0.05, 0.1) is 22.9 Å². The Hall–Kier alpha value is -3.53. The first-order chi connectivity index (χ1) is 13.3. The maximum atomic E-state index is 12.7. The minimum atomic E-state index is -0.669. The normalized spacial score (nSPS) is 15.9. The fraction of sp³-hybridized carbons (Fsp3) is 0.167. The molecule has 1 N–H and O–H groups in total. The maximum Gasteiger partial charge on any atom is 0.320 e. The highest BCUT2D eigenvalue weighted by molar-refractivity contribution is 7.80. The molecule has 1 saturated heterocycles. The topological polar surface area (TPSA) is 107 Å². The van der Waals surface area contributed by atoms with Gasteiger partial charge in [-0.15, -0.1) is 6.58 Å². The van der Waals surface area contributed by atoms with Crippen LogP contribution in [-0.2, 0) is 16.6 Å². The van der Waals surface area contributed by atoms with Crippen molar-refractivity contribution in [3.63, 3.8) is 0 Å². The van der Waals surface area contributed by atoms with Gasteiger partial charge in [-0.3, -0.25) is 29.9 Å². The number of methoxy groups -OCH3 is 1. The number of aryl methyl sites for hydroxylation is 1. The average Bonchev–Trinajstić information content (AvgIpc) is 2.96. The summed E-state index contributed by atoms with van der Waals surface area (Å²) in [5.41, 5.74) is 0.476. The van der Waals surface area contributed by atoms with Crippen LogP contribution in [0.2, 0.25) is 0 Å². The number of thiocarbonyl (C=S) groups is 1. The predicted molar refractivity (Wildman–Crippen MR) is 107 cm³/mol. The second-order valence-electron chi connectivity index (χ2n) is 5.98. The number of aromatic nitrogens is 1. The van der Waals surface area contributed by atoms with E-state index in [-0.39, 0.29) is 34.1 Å². The predicted octanol–water partition coefficient (Wildman–Crippen LogP) is 1.91. The number of hydrogen-bond donors (Lipinski definition) is 1. The first-order valence-corrected chi connectivity index (χ1v) is 8.51. The number of fused-ring (bicyclic) bond motifs is 1. The number of nitro groups is 1. The molecule has 2 heterocycles. The van der Waals surface area contributed by atoms with Crippen molar-refractivity contribution in [2.45, 2.75) is 0 Å². The Morgan fingerprint density at radius 2 is 2.11 bits per heavy atom. The second-order valence-corrected chi connectivity index (χ2v) is 6.37. The Morgan fingerprint density at radius 1 is 1.39 bits per heavy atom. The largest absolute Gasteiger partial charge is 0.490 e. The SMILES string of the molecule is C=CCN1C(=O)C(=Cc2cn(C)c3ccc(OC)c([N+](=O)[O-])c23)C(=O)NC1=S. The van der Waals surface area contributed by atoms with Crippen molar-refractivity contribution in [2.75, 3.05) is 13.7 Å². The Balaban J connectivity index is 2.25. The van der Waals surface area contributed by atoms with E-state index in [2.05, 4.69) is 11.9 Å². The van der Waals surface area contributed by atoms with Crippen LogP contribution < -0.4 is 10.1 Å². The van der Waals surface area contributed by atoms with E-state index in [1.807, 2.05) is 0 Å². The Bertz CT molecular complexity index is 1090. The summed E-state index contributed by atoms with van der Waals surface area (Å²) in [6.07, 6.45) is 4.41. The summed E-state index contributed by atoms with van der Waals surface area (Å²) >= 11 is 5.02. The third-order valence-electron chi connectivity index (χ3n) is 4.32. The van der Waals surface area contributed by atoms with Crippen molar-refractivity contribution in [1.29, 1.82) is 0 Å². The van der Waals surface area contributed by atoms with Crippen molar-refractivity contribution in [1.82, 2.24) is 14.8 Å². The summed E-state index contributed by atoms with van der Waals surface area (Å²) in [4.78, 5) is 37.4. The van der Waals surface area contributed by atoms with Gasteiger partial charge in [0.2, 0.25) is 0 Å². The molecule has 9 nitrogen and oxygen atoms in total. The lowest BCUT2D eigenvalue weighted by molar-refractivity contribution is -0.383. The summed E-state index contributed by atoms with van der Waals surface area (Å²) in [7, 11) is 3.05. The standard InChI is InChI=1S/C18H16N4O5S/c1-4-7-21-17(24)11(16(23)19-18(21)28)8-10-9-20(2)12-5-6-13(27-3)15(14(10)12)22(25)26/h4-6,8-9H,1,7H2,2-3H3,(H,19,23,28). The van der Waals surface area contributed by atoms with Gasteiger partial charge in [0.1, 0.15) is 5.57 Å². The zero-order chi connectivity index (χ0) is 20.6. The van der Waals surface area contributed by atoms with E-state index in [9.17, 15) is 19.7 Å². The van der Waals surface area contributed by atoms with Crippen LogP contribution in [0.25, 0.3) is 17.0 Å². The molecule has 3 rings (SSSR count). The Labute approximate surface area is 165 Å². The number of carbonyl (C=O) groups is 2. The molecule has 2 aromatic rings. The van der Waals surface area contributed by atoms with Crippen LogP contribution in [0.1, 0.15) is 5.56 Å². The molecular weight excluding hydrogens is 384 g/mol. The fourth-order valence-corrected chi connectivity index (χ4v) is 3.33. The van der Waals surface area contributed by atoms with Crippen LogP contribution >= 0.6 is 12.2 Å². The molecule has 0 aliphatic carbocycles. The molecule has 2 amide bonds. The number of nitrogens with zero attached hydrogens (tertiary/aromatic N) is 3. The number of nitro benzene ring substituents is 1. The molecule has 0 radical (unpaired) electrons. The van der Waals surface area contributed by atoms with Crippen LogP contribution in [0.3, 0.4) is 0 Å². The molecule has 28 heavy (non-hydrogen) atoms. The lowest BCUT2D eigenvalue weighted by atomic mass is 10.1. The van der Waals surface area contributed by atoms with Crippen molar-refractivity contribution in [2.24, 2.45) is 7.05 Å². The van der Waals surface area contributed by atoms with E-state index < -0.39 is 16.7 Å². The monoisotopic (exact) mass is 400 g/mol. The third kappa shape index (κ3) is 3.03. The summed E-state index contributed by atoms with van der Waals surface area (Å²) in [5, 5.41) is 14.4. The molecule has 1 aromatic carbocycles. The summed E-state index contributed by atoms with van der Waals surface area (Å²) in [6.45, 7) is 3.69. The zero-order valence-electron chi connectivity index (χ0n) is 15.1. The van der Waals surface area contributed by atoms with Gasteiger partial charge in [-0.25, -0.2) is 0 Å². The van der Waals surface area contributed by atoms with E-state index in [0.717, 1.165) is 0 Å². The smallest absolute Gasteiger partial charge is 0.320 e. The van der Waals surface area contributed by atoms with Gasteiger partial charge in [-0.2, -0.15) is 0 Å². The molecule has 1 aliphatic rings. The lowest BCUT2D eigenvalue weighted by Gasteiger charge is -2.27. The van der Waals surface area contributed by atoms with Gasteiger partial charge in [0.25, 0.3) is 11.8 Å². The molecular formula is C18H16N4O5S. The first kappa shape index (κ1) is 19.2. The van der Waals surface area contributed by atoms with Gasteiger partial charge in [-0.05, 0) is 30.4 Å². The van der Waals surface area contributed by atoms with Gasteiger partial charge in [0, 0.05) is 25.4 Å². The average molecular weight is 400 g/mol. The second kappa shape index (κ2) is 7.24. The molecule has 0 saturated carbocycles. The van der Waals surface area contributed by atoms with E-state index in [1.54, 1.807) is 23.9 Å². The third-order valence-corrected chi connectivity index (χ3v) is 4.64. The number of benzene rings is 1. The first-order valence-electron chi connectivity index (χ1n) is 8.10. The number of carbonyl (C=O) groups excluding carboxylic acids is 2. The minimum absolute atomic E-state index is 0.0161. The van der Waals surface area contributed by atoms with Crippen LogP contribution in [0.15, 0.2) is 36.6 Å². The van der Waals surface area contributed by atoms with Crippen LogP contribution in [0, 0.1) is 10.1 Å². The molecule has 1 aliphatic heterocycles. The number of amides is 2. The molecule has 0 unspecified atom stereocenters. The summed E-state index contributed by atoms with van der Waals surface area (Å²) in [5.74, 6) is -1.19. The van der Waals surface area contributed by atoms with Crippen molar-refractivity contribution in [3.8, 4) is 5.75 Å². The van der Waals surface area contributed by atoms with Crippen LogP contribution in [0.5, 0.6) is 5.75 Å². The Kier molecular flexibility index (Phi) is 4.97. The van der Waals surface area contributed by atoms with Gasteiger partial charge in [-0.1, -0.05) is 6.08 Å². The lowest BCUT2D eigenvalue weighted by Crippen LogP contribution is -2.53. The van der Waals surface area contributed by atoms with E-state index >= 15 is 0 Å². The molecule has 1 aromatic heterocycles. The van der Waals surface area contributed by atoms with E-state index in [4.69, 9.17) is 17.0 Å². The molecule has 0 spiro atoms. The van der Waals surface area contributed by atoms with E-state index in [1.165, 1.54) is 30.2 Å². The highest BCUT2D eigenvalue weighted by Gasteiger charge is 2.33. The number of rotatable bonds is 5. The molecule has 1 fully saturated rings. The van der Waals surface area contributed by atoms with Crippen molar-refractivity contribution in [3.05, 3.63) is 52.2 Å². The molecule has 0 bridgehead atoms. The number of ether oxygens (including phenoxy) is 1. The quantitative estimate of drug-likeness (QED) is 0.205. The van der Waals surface area contributed by atoms with E-state index in [0.29, 0.717) is 11.1 Å². The van der Waals surface area contributed by atoms with Crippen LogP contribution in [-0.4, -0.2) is 45.0 Å². The highest BCUT2D eigenvalue weighted by atomic mass is 32.1. The van der Waals surface area contributed by atoms with Crippen molar-refractivity contribution < 1.29 is 19.2 Å². The maximum absolute atomic E-state index is 12.7. The Morgan fingerprint density at radius 3 is 2.71 bits per heavy atom. The summed E-state index contributed by atoms with van der Waals surface area (Å²) < 4.78 is 6.79. The minimum Gasteiger partial charge on any atom is -0.490 e. The molecule has 144 valence electrons. The fourth-order valence-electron chi connectivity index (χ4n) is 3.08. The number of hydrogen-bond acceptors (Lipinski definition) is 6. The van der Waals surface area contributed by atoms with Crippen LogP contribution in [0.4, 0.5) is 5.69 Å². The molecule has 0 atom stereocenters. The van der Waals surface area contributed by atoms with Crippen molar-refractivity contribution >= 4 is 51.8 Å².